The monoisotopic (exact) mass is 379 g/mol. The van der Waals surface area contributed by atoms with Crippen LogP contribution < -0.4 is 19.2 Å². The minimum Gasteiger partial charge on any atom is -0.774 e. The summed E-state index contributed by atoms with van der Waals surface area (Å²) in [6.45, 7) is 0. The van der Waals surface area contributed by atoms with Gasteiger partial charge < -0.3 is 28.3 Å². The summed E-state index contributed by atoms with van der Waals surface area (Å²) in [6, 6.07) is 5.80. The van der Waals surface area contributed by atoms with E-state index in [0.717, 1.165) is 12.1 Å². The Labute approximate surface area is 123 Å². The highest BCUT2D eigenvalue weighted by atomic mass is 31.3. The molecule has 14 heteroatoms. The minimum atomic E-state index is -6.78. The van der Waals surface area contributed by atoms with E-state index in [2.05, 4.69) is 13.4 Å². The Balaban J connectivity index is 3.12. The third kappa shape index (κ3) is 4.22. The molecule has 0 fully saturated rings. The predicted octanol–water partition coefficient (Wildman–Crippen LogP) is 0.854. The van der Waals surface area contributed by atoms with Gasteiger partial charge in [-0.3, -0.25) is 13.4 Å². The lowest BCUT2D eigenvalue weighted by molar-refractivity contribution is -0.243. The fourth-order valence-electron chi connectivity index (χ4n) is 1.04. The van der Waals surface area contributed by atoms with Gasteiger partial charge in [0.2, 0.25) is 7.60 Å². The van der Waals surface area contributed by atoms with E-state index >= 15 is 0 Å². The number of para-hydroxylation sites is 1. The quantitative estimate of drug-likeness (QED) is 0.629. The van der Waals surface area contributed by atoms with Crippen LogP contribution in [0.1, 0.15) is 0 Å². The van der Waals surface area contributed by atoms with Gasteiger partial charge in [0.05, 0.1) is 0 Å². The molecule has 0 N–H and O–H groups in total. The van der Waals surface area contributed by atoms with Crippen LogP contribution in [0, 0.1) is 0 Å². The smallest absolute Gasteiger partial charge is 0.379 e. The lowest BCUT2D eigenvalue weighted by atomic mass is 10.3. The Kier molecular flexibility index (Phi) is 5.71. The second kappa shape index (κ2) is 6.47. The van der Waals surface area contributed by atoms with Crippen molar-refractivity contribution in [3.63, 3.8) is 0 Å². The van der Waals surface area contributed by atoms with Gasteiger partial charge in [-0.2, -0.15) is 8.78 Å². The second-order valence-electron chi connectivity index (χ2n) is 3.62. The Hall–Kier alpha value is -0.630. The molecule has 0 saturated carbocycles. The number of hydrogen-bond acceptors (Lipinski definition) is 9. The average Bonchev–Trinajstić information content (AvgIpc) is 2.37. The normalized spacial score (nSPS) is 20.5. The van der Waals surface area contributed by atoms with Gasteiger partial charge in [-0.1, -0.05) is 18.2 Å². The summed E-state index contributed by atoms with van der Waals surface area (Å²) in [5.41, 5.74) is 0. The maximum Gasteiger partial charge on any atom is 0.379 e. The number of alkyl halides is 2. The molecule has 126 valence electrons. The summed E-state index contributed by atoms with van der Waals surface area (Å²) in [7, 11) is -18.4. The third-order valence-electron chi connectivity index (χ3n) is 2.06. The molecule has 0 saturated heterocycles. The van der Waals surface area contributed by atoms with Gasteiger partial charge in [-0.15, -0.1) is 0 Å². The molecular formula is C8H8F2O9P3-3. The zero-order valence-corrected chi connectivity index (χ0v) is 13.3. The van der Waals surface area contributed by atoms with Crippen molar-refractivity contribution in [1.29, 1.82) is 0 Å². The van der Waals surface area contributed by atoms with Crippen LogP contribution in [0.15, 0.2) is 30.3 Å². The van der Waals surface area contributed by atoms with Gasteiger partial charge in [0, 0.05) is 7.11 Å². The third-order valence-corrected chi connectivity index (χ3v) is 7.40. The molecule has 1 rings (SSSR count). The highest BCUT2D eigenvalue weighted by Crippen LogP contribution is 2.74. The van der Waals surface area contributed by atoms with Crippen molar-refractivity contribution < 1.29 is 50.5 Å². The first-order valence-corrected chi connectivity index (χ1v) is 9.72. The van der Waals surface area contributed by atoms with Crippen molar-refractivity contribution in [3.05, 3.63) is 30.3 Å². The van der Waals surface area contributed by atoms with Crippen molar-refractivity contribution in [2.24, 2.45) is 0 Å². The van der Waals surface area contributed by atoms with E-state index in [1.54, 1.807) is 0 Å². The van der Waals surface area contributed by atoms with E-state index in [9.17, 15) is 37.2 Å². The van der Waals surface area contributed by atoms with E-state index in [4.69, 9.17) is 0 Å². The van der Waals surface area contributed by atoms with Crippen LogP contribution in [-0.4, -0.2) is 12.5 Å². The number of hydrogen-bond donors (Lipinski definition) is 0. The molecule has 0 bridgehead atoms. The average molecular weight is 379 g/mol. The van der Waals surface area contributed by atoms with E-state index in [1.165, 1.54) is 18.2 Å². The maximum atomic E-state index is 13.6. The first kappa shape index (κ1) is 19.4. The van der Waals surface area contributed by atoms with Crippen LogP contribution in [0.5, 0.6) is 5.75 Å². The predicted molar refractivity (Wildman–Crippen MR) is 62.9 cm³/mol. The zero-order chi connectivity index (χ0) is 17.2. The Morgan fingerprint density at radius 2 is 1.50 bits per heavy atom. The molecule has 3 atom stereocenters. The number of benzene rings is 1. The fraction of sp³-hybridized carbons (Fsp3) is 0.250. The molecule has 0 aromatic heterocycles. The van der Waals surface area contributed by atoms with Crippen molar-refractivity contribution >= 4 is 23.0 Å². The van der Waals surface area contributed by atoms with Gasteiger partial charge in [0.1, 0.15) is 5.75 Å². The summed E-state index contributed by atoms with van der Waals surface area (Å²) in [5.74, 6) is -0.599. The SMILES string of the molecule is COP(=O)([O-])OP(=O)([O-])C(F)(F)P(=O)([O-])Oc1ccccc1. The van der Waals surface area contributed by atoms with Gasteiger partial charge in [-0.25, -0.2) is 0 Å². The molecule has 0 aliphatic carbocycles. The summed E-state index contributed by atoms with van der Waals surface area (Å²) in [5, 5.41) is -5.64. The molecule has 1 aromatic carbocycles. The summed E-state index contributed by atoms with van der Waals surface area (Å²) < 4.78 is 71.3. The zero-order valence-electron chi connectivity index (χ0n) is 10.7. The lowest BCUT2D eigenvalue weighted by Crippen LogP contribution is -2.33. The molecule has 0 aliphatic heterocycles. The number of phosphoric ester groups is 1. The molecule has 1 aromatic rings. The van der Waals surface area contributed by atoms with Crippen LogP contribution in [0.4, 0.5) is 8.78 Å². The molecule has 0 aliphatic rings. The maximum absolute atomic E-state index is 13.6. The minimum absolute atomic E-state index is 0.434. The van der Waals surface area contributed by atoms with E-state index in [1.807, 2.05) is 0 Å². The number of rotatable bonds is 7. The van der Waals surface area contributed by atoms with Crippen molar-refractivity contribution in [3.8, 4) is 5.75 Å². The van der Waals surface area contributed by atoms with Gasteiger partial charge in [0.25, 0.3) is 15.4 Å². The number of phosphoric acid groups is 1. The van der Waals surface area contributed by atoms with Crippen molar-refractivity contribution in [2.45, 2.75) is 5.40 Å². The highest BCUT2D eigenvalue weighted by Gasteiger charge is 2.56. The standard InChI is InChI=1S/C8H11F2O9P3/c1-17-22(15,16)19-21(13,14)8(9,10)20(11,12)18-7-5-3-2-4-6-7/h2-6H,1H3,(H,11,12)(H,13,14)(H,15,16)/p-3. The summed E-state index contributed by atoms with van der Waals surface area (Å²) in [6.07, 6.45) is 0. The molecule has 0 heterocycles. The van der Waals surface area contributed by atoms with E-state index in [0.29, 0.717) is 7.11 Å². The molecule has 0 radical (unpaired) electrons. The Morgan fingerprint density at radius 1 is 1.00 bits per heavy atom. The van der Waals surface area contributed by atoms with Crippen molar-refractivity contribution in [2.75, 3.05) is 7.11 Å². The van der Waals surface area contributed by atoms with Crippen LogP contribution in [0.2, 0.25) is 0 Å². The van der Waals surface area contributed by atoms with Gasteiger partial charge >= 0.3 is 5.40 Å². The van der Waals surface area contributed by atoms with Gasteiger partial charge in [-0.05, 0) is 12.1 Å². The topological polar surface area (TPSA) is 148 Å². The highest BCUT2D eigenvalue weighted by molar-refractivity contribution is 7.74. The van der Waals surface area contributed by atoms with Crippen LogP contribution in [0.25, 0.3) is 0 Å². The molecule has 9 nitrogen and oxygen atoms in total. The largest absolute Gasteiger partial charge is 0.774 e. The van der Waals surface area contributed by atoms with Gasteiger partial charge in [0.15, 0.2) is 0 Å². The van der Waals surface area contributed by atoms with E-state index in [-0.39, 0.29) is 0 Å². The van der Waals surface area contributed by atoms with Crippen LogP contribution in [-0.2, 0) is 22.5 Å². The Bertz CT molecular complexity index is 664. The van der Waals surface area contributed by atoms with Crippen molar-refractivity contribution in [1.82, 2.24) is 0 Å². The Morgan fingerprint density at radius 3 is 1.95 bits per heavy atom. The first-order chi connectivity index (χ1) is 9.85. The molecule has 0 spiro atoms. The summed E-state index contributed by atoms with van der Waals surface area (Å²) >= 11 is 0. The lowest BCUT2D eigenvalue weighted by Gasteiger charge is -2.40. The molecular weight excluding hydrogens is 371 g/mol. The fourth-order valence-corrected chi connectivity index (χ4v) is 4.91. The summed E-state index contributed by atoms with van der Waals surface area (Å²) in [4.78, 5) is 33.4. The van der Waals surface area contributed by atoms with Crippen LogP contribution >= 0.6 is 23.0 Å². The molecule has 22 heavy (non-hydrogen) atoms. The number of halogens is 2. The second-order valence-corrected chi connectivity index (χ2v) is 9.18. The molecule has 0 amide bonds. The first-order valence-electron chi connectivity index (χ1n) is 5.17. The van der Waals surface area contributed by atoms with E-state index < -0.39 is 34.2 Å². The van der Waals surface area contributed by atoms with Crippen LogP contribution in [0.3, 0.4) is 0 Å². The molecule has 3 unspecified atom stereocenters.